The Hall–Kier alpha value is -3.03. The maximum atomic E-state index is 12.5. The topological polar surface area (TPSA) is 91.4 Å². The van der Waals surface area contributed by atoms with Gasteiger partial charge in [-0.15, -0.1) is 25.7 Å². The van der Waals surface area contributed by atoms with Gasteiger partial charge >= 0.3 is 6.16 Å². The minimum absolute atomic E-state index is 0.105. The summed E-state index contributed by atoms with van der Waals surface area (Å²) in [5.41, 5.74) is 1.20. The first-order chi connectivity index (χ1) is 18.2. The van der Waals surface area contributed by atoms with Gasteiger partial charge in [0, 0.05) is 16.9 Å². The molecule has 38 heavy (non-hydrogen) atoms. The SMILES string of the molecule is C#C.C#C.C=O.CC.CC[C@@H]1C[C@@H]2O[C@]23C(=CCC2C(COC=O)=CCC[C@@]23C)[C@@H]1OC(=O)OC(C)(C)C. The molecule has 1 saturated carbocycles. The largest absolute Gasteiger partial charge is 0.509 e. The molecule has 1 aliphatic heterocycles. The van der Waals surface area contributed by atoms with Crippen LogP contribution in [-0.4, -0.2) is 49.4 Å². The Kier molecular flexibility index (Phi) is 14.2. The van der Waals surface area contributed by atoms with Crippen molar-refractivity contribution in [1.82, 2.24) is 0 Å². The van der Waals surface area contributed by atoms with Crippen molar-refractivity contribution in [2.75, 3.05) is 6.61 Å². The molecule has 1 heterocycles. The van der Waals surface area contributed by atoms with Crippen molar-refractivity contribution in [2.24, 2.45) is 17.3 Å². The van der Waals surface area contributed by atoms with Gasteiger partial charge in [0.2, 0.25) is 0 Å². The fourth-order valence-corrected chi connectivity index (χ4v) is 6.21. The van der Waals surface area contributed by atoms with Crippen molar-refractivity contribution < 1.29 is 33.3 Å². The molecule has 6 atom stereocenters. The van der Waals surface area contributed by atoms with Crippen LogP contribution in [0.1, 0.15) is 80.6 Å². The first-order valence-electron chi connectivity index (χ1n) is 13.1. The van der Waals surface area contributed by atoms with E-state index in [0.29, 0.717) is 13.1 Å². The summed E-state index contributed by atoms with van der Waals surface area (Å²) < 4.78 is 23.0. The van der Waals surface area contributed by atoms with Crippen LogP contribution in [0.4, 0.5) is 4.79 Å². The van der Waals surface area contributed by atoms with E-state index in [1.807, 2.05) is 41.4 Å². The summed E-state index contributed by atoms with van der Waals surface area (Å²) in [6.07, 6.45) is 24.2. The number of carbonyl (C=O) groups is 3. The second-order valence-electron chi connectivity index (χ2n) is 10.3. The highest BCUT2D eigenvalue weighted by Crippen LogP contribution is 2.70. The lowest BCUT2D eigenvalue weighted by Crippen LogP contribution is -2.55. The lowest BCUT2D eigenvalue weighted by Gasteiger charge is -2.52. The molecule has 0 bridgehead atoms. The number of rotatable bonds is 5. The lowest BCUT2D eigenvalue weighted by atomic mass is 9.51. The van der Waals surface area contributed by atoms with Crippen molar-refractivity contribution >= 4 is 19.4 Å². The quantitative estimate of drug-likeness (QED) is 0.140. The highest BCUT2D eigenvalue weighted by Gasteiger charge is 2.75. The maximum absolute atomic E-state index is 12.5. The summed E-state index contributed by atoms with van der Waals surface area (Å²) in [5.74, 6) is 0.488. The normalized spacial score (nSPS) is 31.4. The van der Waals surface area contributed by atoms with E-state index in [1.165, 1.54) is 5.57 Å². The zero-order valence-corrected chi connectivity index (χ0v) is 24.2. The van der Waals surface area contributed by atoms with Gasteiger partial charge in [0.25, 0.3) is 6.47 Å². The number of hydrogen-bond acceptors (Lipinski definition) is 7. The zero-order chi connectivity index (χ0) is 29.7. The summed E-state index contributed by atoms with van der Waals surface area (Å²) in [7, 11) is 0. The summed E-state index contributed by atoms with van der Waals surface area (Å²) >= 11 is 0. The number of ether oxygens (including phenoxy) is 4. The first-order valence-corrected chi connectivity index (χ1v) is 13.1. The highest BCUT2D eigenvalue weighted by atomic mass is 16.7. The summed E-state index contributed by atoms with van der Waals surface area (Å²) in [4.78, 5) is 31.3. The van der Waals surface area contributed by atoms with Crippen LogP contribution in [0, 0.1) is 42.9 Å². The van der Waals surface area contributed by atoms with Gasteiger partial charge in [-0.05, 0) is 64.4 Å². The van der Waals surface area contributed by atoms with Gasteiger partial charge in [0.05, 0.1) is 6.10 Å². The molecule has 7 heteroatoms. The third kappa shape index (κ3) is 6.88. The number of fused-ring (bicyclic) bond motifs is 1. The van der Waals surface area contributed by atoms with Crippen molar-refractivity contribution in [3.8, 4) is 25.7 Å². The molecule has 0 N–H and O–H groups in total. The lowest BCUT2D eigenvalue weighted by molar-refractivity contribution is -0.128. The molecule has 1 saturated heterocycles. The molecule has 1 spiro atoms. The van der Waals surface area contributed by atoms with Crippen LogP contribution >= 0.6 is 0 Å². The molecule has 4 rings (SSSR count). The van der Waals surface area contributed by atoms with Crippen LogP contribution < -0.4 is 0 Å². The molecular weight excluding hydrogens is 484 g/mol. The molecule has 7 nitrogen and oxygen atoms in total. The number of hydrogen-bond donors (Lipinski definition) is 0. The number of carbonyl (C=O) groups excluding carboxylic acids is 3. The molecule has 0 aromatic carbocycles. The minimum atomic E-state index is -0.614. The average molecular weight is 531 g/mol. The van der Waals surface area contributed by atoms with Gasteiger partial charge in [-0.2, -0.15) is 0 Å². The van der Waals surface area contributed by atoms with E-state index in [9.17, 15) is 9.59 Å². The number of terminal acetylenes is 2. The van der Waals surface area contributed by atoms with E-state index in [0.717, 1.165) is 37.7 Å². The zero-order valence-electron chi connectivity index (χ0n) is 24.2. The predicted molar refractivity (Wildman–Crippen MR) is 149 cm³/mol. The Morgan fingerprint density at radius 1 is 1.18 bits per heavy atom. The molecule has 4 aliphatic rings. The van der Waals surface area contributed by atoms with Gasteiger partial charge in [-0.1, -0.05) is 39.8 Å². The van der Waals surface area contributed by atoms with Gasteiger partial charge in [0.15, 0.2) is 0 Å². The fourth-order valence-electron chi connectivity index (χ4n) is 6.21. The highest BCUT2D eigenvalue weighted by molar-refractivity contribution is 5.62. The molecule has 0 amide bonds. The van der Waals surface area contributed by atoms with Gasteiger partial charge in [-0.3, -0.25) is 4.79 Å². The van der Waals surface area contributed by atoms with Crippen molar-refractivity contribution in [3.63, 3.8) is 0 Å². The van der Waals surface area contributed by atoms with E-state index in [1.54, 1.807) is 0 Å². The van der Waals surface area contributed by atoms with Gasteiger partial charge < -0.3 is 23.7 Å². The Balaban J connectivity index is 0.00000157. The fraction of sp³-hybridized carbons (Fsp3) is 0.645. The molecular formula is C31H46O7. The van der Waals surface area contributed by atoms with E-state index in [4.69, 9.17) is 23.7 Å². The molecule has 1 unspecified atom stereocenters. The Bertz CT molecular complexity index is 872. The van der Waals surface area contributed by atoms with Crippen molar-refractivity contribution in [3.05, 3.63) is 23.3 Å². The minimum Gasteiger partial charge on any atom is -0.463 e. The summed E-state index contributed by atoms with van der Waals surface area (Å²) in [6, 6.07) is 0. The van der Waals surface area contributed by atoms with E-state index in [2.05, 4.69) is 51.7 Å². The maximum Gasteiger partial charge on any atom is 0.509 e. The first kappa shape index (κ1) is 35.0. The number of epoxide rings is 1. The number of allylic oxidation sites excluding steroid dienone is 2. The Morgan fingerprint density at radius 3 is 2.32 bits per heavy atom. The van der Waals surface area contributed by atoms with Crippen LogP contribution in [0.3, 0.4) is 0 Å². The van der Waals surface area contributed by atoms with E-state index >= 15 is 0 Å². The monoisotopic (exact) mass is 530 g/mol. The van der Waals surface area contributed by atoms with Gasteiger partial charge in [-0.25, -0.2) is 4.79 Å². The van der Waals surface area contributed by atoms with Crippen LogP contribution in [0.5, 0.6) is 0 Å². The molecule has 0 aromatic heterocycles. The molecule has 2 fully saturated rings. The smallest absolute Gasteiger partial charge is 0.463 e. The third-order valence-electron chi connectivity index (χ3n) is 7.57. The predicted octanol–water partition coefficient (Wildman–Crippen LogP) is 6.06. The molecule has 0 aromatic rings. The van der Waals surface area contributed by atoms with Gasteiger partial charge in [0.1, 0.15) is 30.7 Å². The molecule has 3 aliphatic carbocycles. The molecule has 0 radical (unpaired) electrons. The third-order valence-corrected chi connectivity index (χ3v) is 7.57. The van der Waals surface area contributed by atoms with Crippen molar-refractivity contribution in [2.45, 2.75) is 104 Å². The Labute approximate surface area is 229 Å². The second kappa shape index (κ2) is 15.4. The van der Waals surface area contributed by atoms with E-state index in [-0.39, 0.29) is 29.5 Å². The van der Waals surface area contributed by atoms with Crippen LogP contribution in [-0.2, 0) is 28.5 Å². The summed E-state index contributed by atoms with van der Waals surface area (Å²) in [6.45, 7) is 16.8. The van der Waals surface area contributed by atoms with Crippen LogP contribution in [0.15, 0.2) is 23.3 Å². The second-order valence-corrected chi connectivity index (χ2v) is 10.3. The van der Waals surface area contributed by atoms with Crippen molar-refractivity contribution in [1.29, 1.82) is 0 Å². The van der Waals surface area contributed by atoms with Crippen LogP contribution in [0.2, 0.25) is 0 Å². The standard InChI is InChI=1S/C24H34O6.C2H6.2C2H2.CH2O/c1-6-15-12-19-24(29-19)18(20(15)28-21(26)30-22(2,3)4)10-9-17-16(13-27-14-25)8-7-11-23(17,24)5;4*1-2/h8,10,14-15,17,19-20H,6-7,9,11-13H2,1-5H3;1-2H3;2*1-2H;1H2/t15-,17?,19+,20-,23+,24-;;;;/m1..../s1. The molecule has 212 valence electrons. The summed E-state index contributed by atoms with van der Waals surface area (Å²) in [5, 5.41) is 0. The van der Waals surface area contributed by atoms with Crippen LogP contribution in [0.25, 0.3) is 0 Å². The Morgan fingerprint density at radius 2 is 1.79 bits per heavy atom. The van der Waals surface area contributed by atoms with E-state index < -0.39 is 17.4 Å². The average Bonchev–Trinajstić information content (AvgIpc) is 3.66.